The molecule has 0 bridgehead atoms. The zero-order valence-electron chi connectivity index (χ0n) is 34.3. The Balaban J connectivity index is 1.67. The van der Waals surface area contributed by atoms with Gasteiger partial charge in [0.1, 0.15) is 48.3 Å². The number of nitrogens with zero attached hydrogens (tertiary/aromatic N) is 1. The molecular formula is C39H64N2O14. The highest BCUT2D eigenvalue weighted by Crippen LogP contribution is 2.53. The van der Waals surface area contributed by atoms with E-state index in [2.05, 4.69) is 5.32 Å². The summed E-state index contributed by atoms with van der Waals surface area (Å²) in [7, 11) is 5.03. The highest BCUT2D eigenvalue weighted by molar-refractivity contribution is 6.01. The molecule has 16 nitrogen and oxygen atoms in total. The van der Waals surface area contributed by atoms with Gasteiger partial charge in [-0.05, 0) is 68.0 Å². The SMILES string of the molecule is CC[C@@H]1OC(=O)[C@H](C)C(=O)[C@H](OC2O[C@H](C)[C@@H](O)[C@H](C)[C@H]2O)[C@@H](O[C@@H]2O[C@H](C)C[C@H](N(C)C)[C@H]2O)[C@@](C)(OC)C[C@@H](C)C(=O)C2(C)CNC3C(=O)O[C@@]1(C)C32. The second kappa shape index (κ2) is 16.3. The monoisotopic (exact) mass is 784 g/mol. The van der Waals surface area contributed by atoms with Crippen molar-refractivity contribution < 1.29 is 67.7 Å². The van der Waals surface area contributed by atoms with Crippen LogP contribution in [0.4, 0.5) is 0 Å². The van der Waals surface area contributed by atoms with Crippen LogP contribution < -0.4 is 5.32 Å². The van der Waals surface area contributed by atoms with Crippen LogP contribution in [0.2, 0.25) is 0 Å². The van der Waals surface area contributed by atoms with Crippen LogP contribution in [0, 0.1) is 29.1 Å². The lowest BCUT2D eigenvalue weighted by Gasteiger charge is -2.49. The minimum atomic E-state index is -1.75. The number of likely N-dealkylation sites (N-methyl/N-ethyl adjacent to an activating group) is 1. The summed E-state index contributed by atoms with van der Waals surface area (Å²) < 4.78 is 43.5. The number of aliphatic hydroxyl groups excluding tert-OH is 3. The molecule has 5 rings (SSSR count). The number of rotatable bonds is 7. The quantitative estimate of drug-likeness (QED) is 0.207. The van der Waals surface area contributed by atoms with E-state index in [0.717, 1.165) is 0 Å². The molecular weight excluding hydrogens is 720 g/mol. The molecule has 4 N–H and O–H groups in total. The molecule has 0 aromatic rings. The molecule has 0 amide bonds. The second-order valence-electron chi connectivity index (χ2n) is 17.5. The Morgan fingerprint density at radius 2 is 1.53 bits per heavy atom. The number of cyclic esters (lactones) is 1. The van der Waals surface area contributed by atoms with Crippen LogP contribution >= 0.6 is 0 Å². The topological polar surface area (TPSA) is 209 Å². The molecule has 314 valence electrons. The Morgan fingerprint density at radius 3 is 2.13 bits per heavy atom. The van der Waals surface area contributed by atoms with Gasteiger partial charge in [0.25, 0.3) is 0 Å². The first-order valence-corrected chi connectivity index (χ1v) is 19.7. The molecule has 19 atom stereocenters. The van der Waals surface area contributed by atoms with E-state index in [9.17, 15) is 34.5 Å². The molecule has 0 aromatic heterocycles. The molecule has 0 aromatic carbocycles. The average Bonchev–Trinajstić information content (AvgIpc) is 3.64. The Morgan fingerprint density at radius 1 is 0.891 bits per heavy atom. The van der Waals surface area contributed by atoms with Crippen molar-refractivity contribution in [3.63, 3.8) is 0 Å². The minimum Gasteiger partial charge on any atom is -0.458 e. The fourth-order valence-corrected chi connectivity index (χ4v) is 9.87. The van der Waals surface area contributed by atoms with Gasteiger partial charge in [-0.3, -0.25) is 19.2 Å². The first-order chi connectivity index (χ1) is 25.6. The fraction of sp³-hybridized carbons (Fsp3) is 0.897. The normalized spacial score (nSPS) is 50.0. The summed E-state index contributed by atoms with van der Waals surface area (Å²) in [4.78, 5) is 59.2. The van der Waals surface area contributed by atoms with Gasteiger partial charge in [0.15, 0.2) is 24.0 Å². The highest BCUT2D eigenvalue weighted by atomic mass is 16.7. The molecule has 55 heavy (non-hydrogen) atoms. The predicted molar refractivity (Wildman–Crippen MR) is 194 cm³/mol. The van der Waals surface area contributed by atoms with Gasteiger partial charge in [-0.25, -0.2) is 0 Å². The van der Waals surface area contributed by atoms with Crippen LogP contribution in [0.5, 0.6) is 0 Å². The zero-order chi connectivity index (χ0) is 41.1. The first-order valence-electron chi connectivity index (χ1n) is 19.7. The molecule has 5 aliphatic heterocycles. The summed E-state index contributed by atoms with van der Waals surface area (Å²) in [5, 5.41) is 36.8. The van der Waals surface area contributed by atoms with Crippen LogP contribution in [0.1, 0.15) is 81.6 Å². The number of ether oxygens (including phenoxy) is 7. The minimum absolute atomic E-state index is 0.0518. The van der Waals surface area contributed by atoms with Crippen molar-refractivity contribution in [1.82, 2.24) is 10.2 Å². The van der Waals surface area contributed by atoms with Crippen molar-refractivity contribution >= 4 is 23.5 Å². The number of nitrogens with one attached hydrogen (secondary N) is 1. The van der Waals surface area contributed by atoms with Gasteiger partial charge >= 0.3 is 11.9 Å². The van der Waals surface area contributed by atoms with Crippen LogP contribution in [0.25, 0.3) is 0 Å². The number of hydrogen-bond donors (Lipinski definition) is 4. The average molecular weight is 785 g/mol. The molecule has 5 saturated heterocycles. The standard InChI is InChI=1S/C39H64N2O14/c1-13-23-39(9)30-24(34(48)55-39)40-16-37(30,7)31(46)17(2)15-38(8,49-12)32(54-36-28(45)22(41(10)11)14-18(3)50-36)29(26(43)20(5)33(47)52-23)53-35-27(44)19(4)25(42)21(6)51-35/h17-25,27-30,32,35-36,40,42,44-45H,13-16H2,1-12H3/t17-,18-,19+,20-,21-,22+,23+,24?,25+,27-,28-,29+,30?,32-,35?,36+,37?,38+,39-/m1/s1. The maximum Gasteiger partial charge on any atom is 0.324 e. The van der Waals surface area contributed by atoms with Gasteiger partial charge in [-0.15, -0.1) is 0 Å². The lowest BCUT2D eigenvalue weighted by molar-refractivity contribution is -0.331. The van der Waals surface area contributed by atoms with E-state index in [-0.39, 0.29) is 31.3 Å². The maximum absolute atomic E-state index is 15.0. The van der Waals surface area contributed by atoms with Crippen molar-refractivity contribution in [2.75, 3.05) is 27.7 Å². The molecule has 5 heterocycles. The van der Waals surface area contributed by atoms with Gasteiger partial charge in [0.2, 0.25) is 0 Å². The maximum atomic E-state index is 15.0. The van der Waals surface area contributed by atoms with Crippen LogP contribution in [0.15, 0.2) is 0 Å². The number of ketones is 2. The molecule has 0 radical (unpaired) electrons. The van der Waals surface area contributed by atoms with Crippen molar-refractivity contribution in [1.29, 1.82) is 0 Å². The van der Waals surface area contributed by atoms with E-state index in [4.69, 9.17) is 33.2 Å². The summed E-state index contributed by atoms with van der Waals surface area (Å²) in [6.45, 7) is 15.2. The summed E-state index contributed by atoms with van der Waals surface area (Å²) in [5.41, 5.74) is -4.16. The third kappa shape index (κ3) is 7.77. The Bertz CT molecular complexity index is 1450. The third-order valence-corrected chi connectivity index (χ3v) is 13.3. The van der Waals surface area contributed by atoms with Crippen molar-refractivity contribution in [2.45, 2.75) is 166 Å². The van der Waals surface area contributed by atoms with Crippen LogP contribution in [0.3, 0.4) is 0 Å². The molecule has 0 spiro atoms. The van der Waals surface area contributed by atoms with Crippen LogP contribution in [-0.2, 0) is 52.3 Å². The lowest BCUT2D eigenvalue weighted by Crippen LogP contribution is -2.63. The van der Waals surface area contributed by atoms with Crippen LogP contribution in [-0.4, -0.2) is 156 Å². The Hall–Kier alpha value is -2.12. The Labute approximate surface area is 324 Å². The van der Waals surface area contributed by atoms with Gasteiger partial charge in [-0.1, -0.05) is 27.7 Å². The van der Waals surface area contributed by atoms with Crippen molar-refractivity contribution in [3.05, 3.63) is 0 Å². The van der Waals surface area contributed by atoms with E-state index >= 15 is 0 Å². The molecule has 0 saturated carbocycles. The highest BCUT2D eigenvalue weighted by Gasteiger charge is 2.69. The molecule has 0 aliphatic carbocycles. The van der Waals surface area contributed by atoms with E-state index < -0.39 is 125 Å². The molecule has 5 fully saturated rings. The summed E-state index contributed by atoms with van der Waals surface area (Å²) in [5.74, 6) is -6.28. The second-order valence-corrected chi connectivity index (χ2v) is 17.5. The number of carbonyl (C=O) groups excluding carboxylic acids is 4. The van der Waals surface area contributed by atoms with Crippen molar-refractivity contribution in [3.8, 4) is 0 Å². The summed E-state index contributed by atoms with van der Waals surface area (Å²) in [6.07, 6.45) is -11.3. The van der Waals surface area contributed by atoms with Crippen molar-refractivity contribution in [2.24, 2.45) is 29.1 Å². The predicted octanol–water partition coefficient (Wildman–Crippen LogP) is 0.736. The number of hydrogen-bond acceptors (Lipinski definition) is 16. The zero-order valence-corrected chi connectivity index (χ0v) is 34.3. The van der Waals surface area contributed by atoms with E-state index in [1.165, 1.54) is 14.0 Å². The third-order valence-electron chi connectivity index (χ3n) is 13.3. The van der Waals surface area contributed by atoms with E-state index in [1.807, 2.05) is 25.9 Å². The molecule has 5 aliphatic rings. The lowest BCUT2D eigenvalue weighted by atomic mass is 9.62. The van der Waals surface area contributed by atoms with E-state index in [1.54, 1.807) is 48.5 Å². The smallest absolute Gasteiger partial charge is 0.324 e. The summed E-state index contributed by atoms with van der Waals surface area (Å²) >= 11 is 0. The number of methoxy groups -OCH3 is 1. The number of aliphatic hydroxyl groups is 3. The number of Topliss-reactive ketones (excluding diaryl/α,β-unsaturated/α-hetero) is 2. The molecule has 16 heteroatoms. The van der Waals surface area contributed by atoms with Gasteiger partial charge in [0.05, 0.1) is 23.9 Å². The van der Waals surface area contributed by atoms with E-state index in [0.29, 0.717) is 6.42 Å². The van der Waals surface area contributed by atoms with Gasteiger partial charge < -0.3 is 58.7 Å². The summed E-state index contributed by atoms with van der Waals surface area (Å²) in [6, 6.07) is -1.23. The molecule has 4 unspecified atom stereocenters. The fourth-order valence-electron chi connectivity index (χ4n) is 9.87. The van der Waals surface area contributed by atoms with Gasteiger partial charge in [-0.2, -0.15) is 0 Å². The number of carbonyl (C=O) groups is 4. The first kappa shape index (κ1) is 44.0. The Kier molecular flexibility index (Phi) is 13.0. The van der Waals surface area contributed by atoms with Gasteiger partial charge in [0, 0.05) is 42.9 Å². The largest absolute Gasteiger partial charge is 0.458 e. The number of esters is 2.